The predicted molar refractivity (Wildman–Crippen MR) is 98.2 cm³/mol. The number of halogens is 2. The van der Waals surface area contributed by atoms with E-state index >= 15 is 0 Å². The number of carbonyl (C=O) groups excluding carboxylic acids is 1. The fourth-order valence-corrected chi connectivity index (χ4v) is 3.18. The van der Waals surface area contributed by atoms with Gasteiger partial charge in [0.15, 0.2) is 0 Å². The number of aromatic nitrogens is 2. The van der Waals surface area contributed by atoms with E-state index in [9.17, 15) is 13.6 Å². The molecule has 0 radical (unpaired) electrons. The lowest BCUT2D eigenvalue weighted by molar-refractivity contribution is 0.102. The summed E-state index contributed by atoms with van der Waals surface area (Å²) >= 11 is 0. The number of hydrogen-bond donors (Lipinski definition) is 1. The van der Waals surface area contributed by atoms with Crippen LogP contribution in [0, 0.1) is 18.6 Å². The van der Waals surface area contributed by atoms with Crippen molar-refractivity contribution >= 4 is 23.1 Å². The van der Waals surface area contributed by atoms with Gasteiger partial charge in [0, 0.05) is 18.3 Å². The summed E-state index contributed by atoms with van der Waals surface area (Å²) in [5.41, 5.74) is 1.78. The van der Waals surface area contributed by atoms with E-state index in [4.69, 9.17) is 0 Å². The lowest BCUT2D eigenvalue weighted by atomic mass is 10.2. The quantitative estimate of drug-likeness (QED) is 0.761. The molecule has 0 fully saturated rings. The summed E-state index contributed by atoms with van der Waals surface area (Å²) in [4.78, 5) is 23.1. The molecule has 1 aliphatic rings. The van der Waals surface area contributed by atoms with Gasteiger partial charge in [-0.1, -0.05) is 24.3 Å². The SMILES string of the molecule is Cc1nc(C(=O)Nc2c(F)cccc2F)cc(N2CCc3ccccc32)n1. The van der Waals surface area contributed by atoms with Crippen molar-refractivity contribution in [3.8, 4) is 0 Å². The number of nitrogens with zero attached hydrogens (tertiary/aromatic N) is 3. The average molecular weight is 366 g/mol. The molecule has 4 rings (SSSR count). The zero-order valence-electron chi connectivity index (χ0n) is 14.5. The molecule has 1 aliphatic heterocycles. The molecule has 1 N–H and O–H groups in total. The van der Waals surface area contributed by atoms with Crippen molar-refractivity contribution in [2.45, 2.75) is 13.3 Å². The van der Waals surface area contributed by atoms with E-state index in [-0.39, 0.29) is 5.69 Å². The number of aryl methyl sites for hydroxylation is 1. The van der Waals surface area contributed by atoms with Crippen LogP contribution in [0.4, 0.5) is 26.0 Å². The van der Waals surface area contributed by atoms with Crippen LogP contribution in [0.5, 0.6) is 0 Å². The van der Waals surface area contributed by atoms with Crippen LogP contribution >= 0.6 is 0 Å². The number of hydrogen-bond acceptors (Lipinski definition) is 4. The molecule has 0 unspecified atom stereocenters. The van der Waals surface area contributed by atoms with Crippen molar-refractivity contribution in [2.24, 2.45) is 0 Å². The van der Waals surface area contributed by atoms with Gasteiger partial charge in [-0.15, -0.1) is 0 Å². The second-order valence-electron chi connectivity index (χ2n) is 6.24. The van der Waals surface area contributed by atoms with Crippen molar-refractivity contribution < 1.29 is 13.6 Å². The van der Waals surface area contributed by atoms with E-state index in [1.807, 2.05) is 23.1 Å². The van der Waals surface area contributed by atoms with Crippen molar-refractivity contribution in [3.63, 3.8) is 0 Å². The molecule has 2 heterocycles. The fourth-order valence-electron chi connectivity index (χ4n) is 3.18. The third-order valence-corrected chi connectivity index (χ3v) is 4.42. The van der Waals surface area contributed by atoms with Crippen molar-refractivity contribution in [3.05, 3.63) is 77.2 Å². The highest BCUT2D eigenvalue weighted by molar-refractivity contribution is 6.03. The summed E-state index contributed by atoms with van der Waals surface area (Å²) in [5, 5.41) is 2.26. The molecule has 1 amide bonds. The first-order valence-corrected chi connectivity index (χ1v) is 8.49. The second-order valence-corrected chi connectivity index (χ2v) is 6.24. The van der Waals surface area contributed by atoms with E-state index in [1.54, 1.807) is 6.92 Å². The molecule has 5 nitrogen and oxygen atoms in total. The van der Waals surface area contributed by atoms with Gasteiger partial charge in [0.2, 0.25) is 0 Å². The van der Waals surface area contributed by atoms with Crippen molar-refractivity contribution in [2.75, 3.05) is 16.8 Å². The monoisotopic (exact) mass is 366 g/mol. The summed E-state index contributed by atoms with van der Waals surface area (Å²) in [6.07, 6.45) is 0.876. The smallest absolute Gasteiger partial charge is 0.274 e. The molecule has 0 aliphatic carbocycles. The lowest BCUT2D eigenvalue weighted by Gasteiger charge is -2.19. The molecule has 27 heavy (non-hydrogen) atoms. The molecule has 0 bridgehead atoms. The van der Waals surface area contributed by atoms with Crippen LogP contribution < -0.4 is 10.2 Å². The summed E-state index contributed by atoms with van der Waals surface area (Å²) in [6, 6.07) is 12.9. The van der Waals surface area contributed by atoms with Gasteiger partial charge in [0.25, 0.3) is 5.91 Å². The van der Waals surface area contributed by atoms with Gasteiger partial charge in [0.1, 0.15) is 34.7 Å². The van der Waals surface area contributed by atoms with E-state index in [2.05, 4.69) is 21.4 Å². The minimum atomic E-state index is -0.845. The highest BCUT2D eigenvalue weighted by Crippen LogP contribution is 2.33. The number of para-hydroxylation sites is 2. The molecule has 0 saturated carbocycles. The Hall–Kier alpha value is -3.35. The first-order chi connectivity index (χ1) is 13.0. The maximum atomic E-state index is 13.8. The van der Waals surface area contributed by atoms with Gasteiger partial charge in [-0.3, -0.25) is 4.79 Å². The Morgan fingerprint density at radius 2 is 1.81 bits per heavy atom. The van der Waals surface area contributed by atoms with E-state index < -0.39 is 23.2 Å². The fraction of sp³-hybridized carbons (Fsp3) is 0.150. The summed E-state index contributed by atoms with van der Waals surface area (Å²) in [7, 11) is 0. The Bertz CT molecular complexity index is 1020. The molecule has 7 heteroatoms. The van der Waals surface area contributed by atoms with Gasteiger partial charge in [-0.05, 0) is 37.1 Å². The zero-order valence-corrected chi connectivity index (χ0v) is 14.5. The van der Waals surface area contributed by atoms with E-state index in [0.717, 1.165) is 30.8 Å². The zero-order chi connectivity index (χ0) is 19.0. The maximum Gasteiger partial charge on any atom is 0.274 e. The Kier molecular flexibility index (Phi) is 4.27. The molecular weight excluding hydrogens is 350 g/mol. The Balaban J connectivity index is 1.66. The number of rotatable bonds is 3. The van der Waals surface area contributed by atoms with Gasteiger partial charge in [0.05, 0.1) is 0 Å². The van der Waals surface area contributed by atoms with Crippen LogP contribution in [0.3, 0.4) is 0 Å². The number of fused-ring (bicyclic) bond motifs is 1. The lowest BCUT2D eigenvalue weighted by Crippen LogP contribution is -2.20. The minimum Gasteiger partial charge on any atom is -0.326 e. The summed E-state index contributed by atoms with van der Waals surface area (Å²) < 4.78 is 27.6. The second kappa shape index (κ2) is 6.75. The maximum absolute atomic E-state index is 13.8. The highest BCUT2D eigenvalue weighted by Gasteiger charge is 2.23. The minimum absolute atomic E-state index is 0.0459. The molecule has 1 aromatic heterocycles. The van der Waals surface area contributed by atoms with Crippen molar-refractivity contribution in [1.82, 2.24) is 9.97 Å². The van der Waals surface area contributed by atoms with Gasteiger partial charge < -0.3 is 10.2 Å². The first kappa shape index (κ1) is 17.1. The molecule has 0 spiro atoms. The topological polar surface area (TPSA) is 58.1 Å². The van der Waals surface area contributed by atoms with Crippen LogP contribution in [0.15, 0.2) is 48.5 Å². The normalized spacial score (nSPS) is 12.8. The number of benzene rings is 2. The molecular formula is C20H16F2N4O. The Morgan fingerprint density at radius 1 is 1.07 bits per heavy atom. The molecule has 3 aromatic rings. The van der Waals surface area contributed by atoms with E-state index in [1.165, 1.54) is 17.7 Å². The van der Waals surface area contributed by atoms with Crippen LogP contribution in [-0.4, -0.2) is 22.4 Å². The Morgan fingerprint density at radius 3 is 2.59 bits per heavy atom. The van der Waals surface area contributed by atoms with Crippen LogP contribution in [0.25, 0.3) is 0 Å². The van der Waals surface area contributed by atoms with Crippen LogP contribution in [-0.2, 0) is 6.42 Å². The van der Waals surface area contributed by atoms with Gasteiger partial charge >= 0.3 is 0 Å². The third-order valence-electron chi connectivity index (χ3n) is 4.42. The molecule has 0 atom stereocenters. The first-order valence-electron chi connectivity index (χ1n) is 8.49. The van der Waals surface area contributed by atoms with Crippen LogP contribution in [0.2, 0.25) is 0 Å². The summed E-state index contributed by atoms with van der Waals surface area (Å²) in [5.74, 6) is -1.41. The van der Waals surface area contributed by atoms with Gasteiger partial charge in [-0.25, -0.2) is 18.7 Å². The number of amides is 1. The molecule has 136 valence electrons. The van der Waals surface area contributed by atoms with E-state index in [0.29, 0.717) is 11.6 Å². The standard InChI is InChI=1S/C20H16F2N4O/c1-12-23-16(20(27)25-19-14(21)6-4-7-15(19)22)11-18(24-12)26-10-9-13-5-2-3-8-17(13)26/h2-8,11H,9-10H2,1H3,(H,25,27). The average Bonchev–Trinajstić information content (AvgIpc) is 3.08. The predicted octanol–water partition coefficient (Wildman–Crippen LogP) is 4.01. The largest absolute Gasteiger partial charge is 0.326 e. The highest BCUT2D eigenvalue weighted by atomic mass is 19.1. The van der Waals surface area contributed by atoms with Crippen molar-refractivity contribution in [1.29, 1.82) is 0 Å². The number of nitrogens with one attached hydrogen (secondary N) is 1. The number of anilines is 3. The number of carbonyl (C=O) groups is 1. The third kappa shape index (κ3) is 3.23. The summed E-state index contributed by atoms with van der Waals surface area (Å²) in [6.45, 7) is 2.41. The molecule has 2 aromatic carbocycles. The van der Waals surface area contributed by atoms with Crippen LogP contribution in [0.1, 0.15) is 21.9 Å². The van der Waals surface area contributed by atoms with Gasteiger partial charge in [-0.2, -0.15) is 0 Å². The molecule has 0 saturated heterocycles. The Labute approximate surface area is 154 Å².